The molecular formula is C24H29N3O4S2. The number of anilines is 1. The SMILES string of the molecule is O=C(Nc1ccc(CC(=O)N2CCSCC2)cc1)C1CCCCN1S(=O)(=O)c1ccccc1. The third kappa shape index (κ3) is 5.77. The number of hydrogen-bond acceptors (Lipinski definition) is 5. The fraction of sp³-hybridized carbons (Fsp3) is 0.417. The van der Waals surface area contributed by atoms with Gasteiger partial charge >= 0.3 is 0 Å². The predicted molar refractivity (Wildman–Crippen MR) is 131 cm³/mol. The molecule has 0 radical (unpaired) electrons. The number of amides is 2. The Morgan fingerprint density at radius 2 is 1.64 bits per heavy atom. The van der Waals surface area contributed by atoms with E-state index in [1.165, 1.54) is 4.31 Å². The quantitative estimate of drug-likeness (QED) is 0.677. The molecule has 0 bridgehead atoms. The Balaban J connectivity index is 1.40. The van der Waals surface area contributed by atoms with Crippen LogP contribution < -0.4 is 5.32 Å². The van der Waals surface area contributed by atoms with E-state index in [2.05, 4.69) is 5.32 Å². The molecule has 2 heterocycles. The maximum absolute atomic E-state index is 13.1. The number of rotatable bonds is 6. The second kappa shape index (κ2) is 10.7. The topological polar surface area (TPSA) is 86.8 Å². The highest BCUT2D eigenvalue weighted by Crippen LogP contribution is 2.26. The van der Waals surface area contributed by atoms with Crippen LogP contribution in [0.15, 0.2) is 59.5 Å². The molecular weight excluding hydrogens is 458 g/mol. The van der Waals surface area contributed by atoms with Gasteiger partial charge in [-0.1, -0.05) is 36.8 Å². The smallest absolute Gasteiger partial charge is 0.243 e. The van der Waals surface area contributed by atoms with Crippen LogP contribution in [0, 0.1) is 0 Å². The molecule has 7 nitrogen and oxygen atoms in total. The molecule has 4 rings (SSSR count). The minimum atomic E-state index is -3.75. The predicted octanol–water partition coefficient (Wildman–Crippen LogP) is 2.99. The molecule has 9 heteroatoms. The van der Waals surface area contributed by atoms with Crippen LogP contribution in [0.4, 0.5) is 5.69 Å². The van der Waals surface area contributed by atoms with Gasteiger partial charge in [-0.25, -0.2) is 8.42 Å². The zero-order valence-corrected chi connectivity index (χ0v) is 20.1. The van der Waals surface area contributed by atoms with E-state index >= 15 is 0 Å². The van der Waals surface area contributed by atoms with E-state index in [0.29, 0.717) is 25.1 Å². The van der Waals surface area contributed by atoms with Crippen molar-refractivity contribution in [1.82, 2.24) is 9.21 Å². The van der Waals surface area contributed by atoms with Crippen molar-refractivity contribution in [3.8, 4) is 0 Å². The molecule has 2 amide bonds. The molecule has 2 aromatic rings. The van der Waals surface area contributed by atoms with Crippen molar-refractivity contribution in [2.45, 2.75) is 36.6 Å². The van der Waals surface area contributed by atoms with Crippen molar-refractivity contribution < 1.29 is 18.0 Å². The maximum atomic E-state index is 13.1. The third-order valence-electron chi connectivity index (χ3n) is 6.05. The fourth-order valence-electron chi connectivity index (χ4n) is 4.21. The molecule has 1 unspecified atom stereocenters. The van der Waals surface area contributed by atoms with Crippen LogP contribution in [-0.4, -0.2) is 66.6 Å². The summed E-state index contributed by atoms with van der Waals surface area (Å²) in [7, 11) is -3.75. The summed E-state index contributed by atoms with van der Waals surface area (Å²) in [6.45, 7) is 1.91. The van der Waals surface area contributed by atoms with Crippen LogP contribution in [-0.2, 0) is 26.0 Å². The second-order valence-electron chi connectivity index (χ2n) is 8.30. The summed E-state index contributed by atoms with van der Waals surface area (Å²) in [5, 5.41) is 2.87. The summed E-state index contributed by atoms with van der Waals surface area (Å²) in [6, 6.07) is 14.7. The Bertz CT molecular complexity index is 1070. The van der Waals surface area contributed by atoms with Crippen molar-refractivity contribution >= 4 is 39.3 Å². The monoisotopic (exact) mass is 487 g/mol. The van der Waals surface area contributed by atoms with Gasteiger partial charge in [0, 0.05) is 36.8 Å². The third-order valence-corrected chi connectivity index (χ3v) is 8.91. The molecule has 176 valence electrons. The Morgan fingerprint density at radius 1 is 0.939 bits per heavy atom. The van der Waals surface area contributed by atoms with Gasteiger partial charge in [0.25, 0.3) is 0 Å². The van der Waals surface area contributed by atoms with Gasteiger partial charge < -0.3 is 10.2 Å². The molecule has 1 N–H and O–H groups in total. The van der Waals surface area contributed by atoms with Gasteiger partial charge in [-0.15, -0.1) is 0 Å². The van der Waals surface area contributed by atoms with Crippen LogP contribution >= 0.6 is 11.8 Å². The number of nitrogens with one attached hydrogen (secondary N) is 1. The van der Waals surface area contributed by atoms with Crippen molar-refractivity contribution in [2.24, 2.45) is 0 Å². The summed E-state index contributed by atoms with van der Waals surface area (Å²) in [5.74, 6) is 1.75. The molecule has 0 spiro atoms. The first-order chi connectivity index (χ1) is 15.9. The number of carbonyl (C=O) groups excluding carboxylic acids is 2. The highest BCUT2D eigenvalue weighted by atomic mass is 32.2. The molecule has 33 heavy (non-hydrogen) atoms. The van der Waals surface area contributed by atoms with Crippen molar-refractivity contribution in [1.29, 1.82) is 0 Å². The first-order valence-electron chi connectivity index (χ1n) is 11.3. The fourth-order valence-corrected chi connectivity index (χ4v) is 6.79. The zero-order chi connectivity index (χ0) is 23.3. The Kier molecular flexibility index (Phi) is 7.72. The zero-order valence-electron chi connectivity index (χ0n) is 18.5. The van der Waals surface area contributed by atoms with Crippen LogP contribution in [0.25, 0.3) is 0 Å². The molecule has 2 aliphatic rings. The molecule has 0 aromatic heterocycles. The van der Waals surface area contributed by atoms with Crippen molar-refractivity contribution in [3.05, 3.63) is 60.2 Å². The average molecular weight is 488 g/mol. The number of sulfonamides is 1. The van der Waals surface area contributed by atoms with E-state index < -0.39 is 16.1 Å². The molecule has 0 saturated carbocycles. The van der Waals surface area contributed by atoms with Gasteiger partial charge in [0.1, 0.15) is 6.04 Å². The van der Waals surface area contributed by atoms with Crippen LogP contribution in [0.1, 0.15) is 24.8 Å². The molecule has 2 aromatic carbocycles. The number of carbonyl (C=O) groups is 2. The van der Waals surface area contributed by atoms with E-state index in [4.69, 9.17) is 0 Å². The second-order valence-corrected chi connectivity index (χ2v) is 11.4. The van der Waals surface area contributed by atoms with E-state index in [9.17, 15) is 18.0 Å². The van der Waals surface area contributed by atoms with Gasteiger partial charge in [0.15, 0.2) is 0 Å². The number of nitrogens with zero attached hydrogens (tertiary/aromatic N) is 2. The summed E-state index contributed by atoms with van der Waals surface area (Å²) in [4.78, 5) is 27.6. The molecule has 2 fully saturated rings. The molecule has 0 aliphatic carbocycles. The molecule has 1 atom stereocenters. The minimum Gasteiger partial charge on any atom is -0.341 e. The Hall–Kier alpha value is -2.36. The van der Waals surface area contributed by atoms with Gasteiger partial charge in [0.05, 0.1) is 11.3 Å². The van der Waals surface area contributed by atoms with Crippen molar-refractivity contribution in [3.63, 3.8) is 0 Å². The number of hydrogen-bond donors (Lipinski definition) is 1. The first-order valence-corrected chi connectivity index (χ1v) is 13.9. The van der Waals surface area contributed by atoms with Gasteiger partial charge in [-0.3, -0.25) is 9.59 Å². The maximum Gasteiger partial charge on any atom is 0.243 e. The first kappa shape index (κ1) is 23.8. The van der Waals surface area contributed by atoms with E-state index in [1.807, 2.05) is 28.8 Å². The van der Waals surface area contributed by atoms with Gasteiger partial charge in [0.2, 0.25) is 21.8 Å². The lowest BCUT2D eigenvalue weighted by atomic mass is 10.0. The highest BCUT2D eigenvalue weighted by Gasteiger charge is 2.37. The summed E-state index contributed by atoms with van der Waals surface area (Å²) < 4.78 is 27.6. The largest absolute Gasteiger partial charge is 0.341 e. The van der Waals surface area contributed by atoms with Crippen LogP contribution in [0.5, 0.6) is 0 Å². The van der Waals surface area contributed by atoms with Crippen LogP contribution in [0.3, 0.4) is 0 Å². The number of piperidine rings is 1. The standard InChI is InChI=1S/C24H29N3O4S2/c28-23(26-14-16-32-17-15-26)18-19-9-11-20(12-10-19)25-24(29)22-8-4-5-13-27(22)33(30,31)21-6-2-1-3-7-21/h1-3,6-7,9-12,22H,4-5,8,13-18H2,(H,25,29). The summed E-state index contributed by atoms with van der Waals surface area (Å²) >= 11 is 1.87. The lowest BCUT2D eigenvalue weighted by Gasteiger charge is -2.33. The summed E-state index contributed by atoms with van der Waals surface area (Å²) in [5.41, 5.74) is 1.48. The lowest BCUT2D eigenvalue weighted by Crippen LogP contribution is -2.49. The average Bonchev–Trinajstić information content (AvgIpc) is 2.86. The minimum absolute atomic E-state index is 0.121. The Morgan fingerprint density at radius 3 is 2.33 bits per heavy atom. The Labute approximate surface area is 199 Å². The van der Waals surface area contributed by atoms with E-state index in [0.717, 1.165) is 43.0 Å². The molecule has 2 saturated heterocycles. The summed E-state index contributed by atoms with van der Waals surface area (Å²) in [6.07, 6.45) is 2.35. The van der Waals surface area contributed by atoms with Crippen LogP contribution in [0.2, 0.25) is 0 Å². The van der Waals surface area contributed by atoms with Gasteiger partial charge in [-0.05, 0) is 42.7 Å². The van der Waals surface area contributed by atoms with Gasteiger partial charge in [-0.2, -0.15) is 16.1 Å². The number of thioether (sulfide) groups is 1. The molecule has 2 aliphatic heterocycles. The van der Waals surface area contributed by atoms with Crippen molar-refractivity contribution in [2.75, 3.05) is 36.5 Å². The highest BCUT2D eigenvalue weighted by molar-refractivity contribution is 7.99. The lowest BCUT2D eigenvalue weighted by molar-refractivity contribution is -0.130. The normalized spacial score (nSPS) is 19.8. The van der Waals surface area contributed by atoms with E-state index in [-0.39, 0.29) is 16.7 Å². The van der Waals surface area contributed by atoms with E-state index in [1.54, 1.807) is 42.5 Å². The number of benzene rings is 2.